The van der Waals surface area contributed by atoms with Gasteiger partial charge in [-0.3, -0.25) is 9.69 Å². The molecule has 0 radical (unpaired) electrons. The number of ether oxygens (including phenoxy) is 2. The second-order valence-electron chi connectivity index (χ2n) is 9.15. The van der Waals surface area contributed by atoms with Crippen molar-refractivity contribution in [3.8, 4) is 5.88 Å². The third-order valence-corrected chi connectivity index (χ3v) is 7.66. The zero-order chi connectivity index (χ0) is 24.9. The molecule has 1 atom stereocenters. The van der Waals surface area contributed by atoms with Gasteiger partial charge >= 0.3 is 0 Å². The maximum absolute atomic E-state index is 13.1. The van der Waals surface area contributed by atoms with Crippen LogP contribution in [0.1, 0.15) is 40.0 Å². The van der Waals surface area contributed by atoms with E-state index in [-0.39, 0.29) is 11.9 Å². The Morgan fingerprint density at radius 2 is 1.94 bits per heavy atom. The molecule has 3 heterocycles. The Balaban J connectivity index is 1.32. The monoisotopic (exact) mass is 497 g/mol. The Morgan fingerprint density at radius 3 is 2.63 bits per heavy atom. The zero-order valence-electron chi connectivity index (χ0n) is 21.3. The van der Waals surface area contributed by atoms with Gasteiger partial charge in [0.1, 0.15) is 11.4 Å². The maximum atomic E-state index is 13.1. The van der Waals surface area contributed by atoms with Crippen LogP contribution in [0, 0.1) is 13.8 Å². The Hall–Kier alpha value is -2.75. The molecule has 3 aromatic rings. The van der Waals surface area contributed by atoms with Gasteiger partial charge in [-0.15, -0.1) is 11.3 Å². The first-order valence-electron chi connectivity index (χ1n) is 12.1. The molecule has 4 rings (SSSR count). The number of nitrogens with zero attached hydrogens (tertiary/aromatic N) is 4. The number of hydrogen-bond acceptors (Lipinski definition) is 8. The SMILES string of the molecule is COCc1nc(OC)c2c(C)c(C(=O)NC(C)CCN3CCN(c4cccc(C)c4)CC3)sc2n1. The normalized spacial score (nSPS) is 15.4. The quantitative estimate of drug-likeness (QED) is 0.482. The number of benzene rings is 1. The second kappa shape index (κ2) is 11.3. The lowest BCUT2D eigenvalue weighted by Crippen LogP contribution is -2.47. The first-order valence-corrected chi connectivity index (χ1v) is 12.9. The van der Waals surface area contributed by atoms with Crippen molar-refractivity contribution in [1.82, 2.24) is 20.2 Å². The molecular weight excluding hydrogens is 462 g/mol. The summed E-state index contributed by atoms with van der Waals surface area (Å²) in [6, 6.07) is 8.77. The second-order valence-corrected chi connectivity index (χ2v) is 10.1. The van der Waals surface area contributed by atoms with Crippen molar-refractivity contribution in [2.24, 2.45) is 0 Å². The largest absolute Gasteiger partial charge is 0.480 e. The van der Waals surface area contributed by atoms with Gasteiger partial charge in [0.25, 0.3) is 5.91 Å². The standard InChI is InChI=1S/C26H35N5O3S/c1-17-7-6-8-20(15-17)31-13-11-30(12-14-31)10-9-18(2)27-24(32)23-19(3)22-25(34-5)28-21(16-33-4)29-26(22)35-23/h6-8,15,18H,9-14,16H2,1-5H3,(H,27,32). The van der Waals surface area contributed by atoms with E-state index in [0.29, 0.717) is 23.2 Å². The molecule has 0 aliphatic carbocycles. The summed E-state index contributed by atoms with van der Waals surface area (Å²) < 4.78 is 10.6. The Kier molecular flexibility index (Phi) is 8.20. The lowest BCUT2D eigenvalue weighted by molar-refractivity contribution is 0.0939. The average Bonchev–Trinajstić information content (AvgIpc) is 3.19. The molecule has 1 aliphatic rings. The lowest BCUT2D eigenvalue weighted by Gasteiger charge is -2.36. The van der Waals surface area contributed by atoms with Crippen LogP contribution in [0.25, 0.3) is 10.2 Å². The van der Waals surface area contributed by atoms with Crippen LogP contribution in [-0.4, -0.2) is 73.8 Å². The van der Waals surface area contributed by atoms with E-state index in [1.165, 1.54) is 22.6 Å². The molecule has 1 aromatic carbocycles. The summed E-state index contributed by atoms with van der Waals surface area (Å²) >= 11 is 1.37. The molecule has 188 valence electrons. The number of hydrogen-bond donors (Lipinski definition) is 1. The number of carbonyl (C=O) groups is 1. The summed E-state index contributed by atoms with van der Waals surface area (Å²) in [5.41, 5.74) is 3.45. The van der Waals surface area contributed by atoms with Gasteiger partial charge in [0.05, 0.1) is 17.4 Å². The first-order chi connectivity index (χ1) is 16.9. The number of nitrogens with one attached hydrogen (secondary N) is 1. The summed E-state index contributed by atoms with van der Waals surface area (Å²) in [4.78, 5) is 28.4. The van der Waals surface area contributed by atoms with Crippen LogP contribution in [0.3, 0.4) is 0 Å². The number of piperazine rings is 1. The van der Waals surface area contributed by atoms with Gasteiger partial charge < -0.3 is 19.7 Å². The highest BCUT2D eigenvalue weighted by atomic mass is 32.1. The van der Waals surface area contributed by atoms with E-state index < -0.39 is 0 Å². The molecule has 1 fully saturated rings. The highest BCUT2D eigenvalue weighted by molar-refractivity contribution is 7.20. The predicted molar refractivity (Wildman–Crippen MR) is 141 cm³/mol. The Bertz CT molecular complexity index is 1170. The summed E-state index contributed by atoms with van der Waals surface area (Å²) in [7, 11) is 3.18. The minimum atomic E-state index is -0.0717. The smallest absolute Gasteiger partial charge is 0.261 e. The molecule has 1 unspecified atom stereocenters. The van der Waals surface area contributed by atoms with Crippen molar-refractivity contribution in [3.05, 3.63) is 46.1 Å². The number of aromatic nitrogens is 2. The minimum Gasteiger partial charge on any atom is -0.480 e. The Labute approximate surface area is 211 Å². The molecule has 9 heteroatoms. The van der Waals surface area contributed by atoms with E-state index in [4.69, 9.17) is 9.47 Å². The first kappa shape index (κ1) is 25.3. The number of rotatable bonds is 9. The number of methoxy groups -OCH3 is 2. The van der Waals surface area contributed by atoms with Gasteiger partial charge in [-0.1, -0.05) is 12.1 Å². The summed E-state index contributed by atoms with van der Waals surface area (Å²) in [5.74, 6) is 0.950. The number of thiophene rings is 1. The number of anilines is 1. The molecule has 8 nitrogen and oxygen atoms in total. The van der Waals surface area contributed by atoms with Crippen LogP contribution in [-0.2, 0) is 11.3 Å². The molecule has 1 N–H and O–H groups in total. The van der Waals surface area contributed by atoms with Crippen LogP contribution >= 0.6 is 11.3 Å². The number of fused-ring (bicyclic) bond motifs is 1. The molecule has 0 spiro atoms. The fourth-order valence-electron chi connectivity index (χ4n) is 4.49. The fourth-order valence-corrected chi connectivity index (χ4v) is 5.59. The van der Waals surface area contributed by atoms with Crippen molar-refractivity contribution in [1.29, 1.82) is 0 Å². The van der Waals surface area contributed by atoms with Crippen LogP contribution in [0.2, 0.25) is 0 Å². The molecular formula is C26H35N5O3S. The van der Waals surface area contributed by atoms with Crippen molar-refractivity contribution in [2.45, 2.75) is 39.8 Å². The molecule has 0 bridgehead atoms. The summed E-state index contributed by atoms with van der Waals surface area (Å²) in [6.45, 7) is 11.5. The van der Waals surface area contributed by atoms with Gasteiger partial charge in [-0.25, -0.2) is 4.98 Å². The summed E-state index contributed by atoms with van der Waals surface area (Å²) in [5, 5.41) is 3.97. The molecule has 1 saturated heterocycles. The fraction of sp³-hybridized carbons (Fsp3) is 0.500. The highest BCUT2D eigenvalue weighted by Gasteiger charge is 2.23. The maximum Gasteiger partial charge on any atom is 0.261 e. The molecule has 1 amide bonds. The van der Waals surface area contributed by atoms with Gasteiger partial charge in [0.15, 0.2) is 5.82 Å². The van der Waals surface area contributed by atoms with E-state index in [1.54, 1.807) is 14.2 Å². The Morgan fingerprint density at radius 1 is 1.17 bits per heavy atom. The number of aryl methyl sites for hydroxylation is 2. The van der Waals surface area contributed by atoms with Crippen LogP contribution < -0.4 is 15.0 Å². The van der Waals surface area contributed by atoms with Crippen LogP contribution in [0.15, 0.2) is 24.3 Å². The molecule has 2 aromatic heterocycles. The van der Waals surface area contributed by atoms with Crippen molar-refractivity contribution in [3.63, 3.8) is 0 Å². The number of carbonyl (C=O) groups excluding carboxylic acids is 1. The lowest BCUT2D eigenvalue weighted by atomic mass is 10.1. The van der Waals surface area contributed by atoms with E-state index in [1.807, 2.05) is 6.92 Å². The van der Waals surface area contributed by atoms with E-state index in [0.717, 1.165) is 54.9 Å². The van der Waals surface area contributed by atoms with E-state index >= 15 is 0 Å². The zero-order valence-corrected chi connectivity index (χ0v) is 22.1. The average molecular weight is 498 g/mol. The van der Waals surface area contributed by atoms with Gasteiger partial charge in [-0.2, -0.15) is 4.98 Å². The molecule has 0 saturated carbocycles. The highest BCUT2D eigenvalue weighted by Crippen LogP contribution is 2.35. The third-order valence-electron chi connectivity index (χ3n) is 6.47. The minimum absolute atomic E-state index is 0.0685. The van der Waals surface area contributed by atoms with Crippen LogP contribution in [0.5, 0.6) is 5.88 Å². The van der Waals surface area contributed by atoms with Gasteiger partial charge in [-0.05, 0) is 50.5 Å². The number of amides is 1. The van der Waals surface area contributed by atoms with Crippen molar-refractivity contribution < 1.29 is 14.3 Å². The van der Waals surface area contributed by atoms with Gasteiger partial charge in [0, 0.05) is 51.6 Å². The third kappa shape index (κ3) is 5.91. The van der Waals surface area contributed by atoms with Crippen LogP contribution in [0.4, 0.5) is 5.69 Å². The molecule has 1 aliphatic heterocycles. The van der Waals surface area contributed by atoms with Gasteiger partial charge in [0.2, 0.25) is 5.88 Å². The predicted octanol–water partition coefficient (Wildman–Crippen LogP) is 3.79. The van der Waals surface area contributed by atoms with Crippen molar-refractivity contribution in [2.75, 3.05) is 51.8 Å². The summed E-state index contributed by atoms with van der Waals surface area (Å²) in [6.07, 6.45) is 0.904. The van der Waals surface area contributed by atoms with Crippen molar-refractivity contribution >= 4 is 33.1 Å². The topological polar surface area (TPSA) is 79.8 Å². The van der Waals surface area contributed by atoms with E-state index in [9.17, 15) is 4.79 Å². The molecule has 35 heavy (non-hydrogen) atoms. The van der Waals surface area contributed by atoms with E-state index in [2.05, 4.69) is 63.2 Å².